The van der Waals surface area contributed by atoms with Gasteiger partial charge in [-0.2, -0.15) is 0 Å². The lowest BCUT2D eigenvalue weighted by Gasteiger charge is -2.15. The van der Waals surface area contributed by atoms with Crippen LogP contribution in [0.3, 0.4) is 0 Å². The Morgan fingerprint density at radius 2 is 0.971 bits per heavy atom. The van der Waals surface area contributed by atoms with Gasteiger partial charge in [0.05, 0.1) is 11.0 Å². The van der Waals surface area contributed by atoms with E-state index >= 15 is 0 Å². The van der Waals surface area contributed by atoms with E-state index in [4.69, 9.17) is 44.3 Å². The number of H-pyrrole nitrogens is 1. The molecule has 0 saturated heterocycles. The van der Waals surface area contributed by atoms with Crippen LogP contribution in [0.1, 0.15) is 0 Å². The van der Waals surface area contributed by atoms with Crippen LogP contribution in [-0.4, -0.2) is 43.5 Å². The van der Waals surface area contributed by atoms with Crippen LogP contribution in [0.25, 0.3) is 32.7 Å². The Kier molecular flexibility index (Phi) is 20.8. The zero-order valence-electron chi connectivity index (χ0n) is 39.3. The number of nitrogens with zero attached hydrogens (tertiary/aromatic N) is 2. The molecule has 0 bridgehead atoms. The molecule has 1 N–H and O–H groups in total. The first-order valence-electron chi connectivity index (χ1n) is 22.4. The van der Waals surface area contributed by atoms with Gasteiger partial charge in [-0.25, -0.2) is 0 Å². The van der Waals surface area contributed by atoms with Crippen molar-refractivity contribution in [2.24, 2.45) is 0 Å². The lowest BCUT2D eigenvalue weighted by molar-refractivity contribution is 0.0901. The summed E-state index contributed by atoms with van der Waals surface area (Å²) in [6, 6.07) is 51.0. The first kappa shape index (κ1) is 54.0. The fourth-order valence-electron chi connectivity index (χ4n) is 6.62. The summed E-state index contributed by atoms with van der Waals surface area (Å²) in [7, 11) is -2.02. The van der Waals surface area contributed by atoms with E-state index in [1.807, 2.05) is 66.9 Å². The van der Waals surface area contributed by atoms with Gasteiger partial charge >= 0.3 is 0 Å². The van der Waals surface area contributed by atoms with E-state index in [0.717, 1.165) is 37.6 Å². The van der Waals surface area contributed by atoms with Gasteiger partial charge in [-0.05, 0) is 139 Å². The monoisotopic (exact) mass is 1120 g/mol. The third-order valence-corrected chi connectivity index (χ3v) is 17.8. The van der Waals surface area contributed by atoms with Crippen molar-refractivity contribution in [1.82, 2.24) is 14.1 Å². The van der Waals surface area contributed by atoms with Crippen LogP contribution in [0.4, 0.5) is 0 Å². The average Bonchev–Trinajstić information content (AvgIpc) is 4.07. The van der Waals surface area contributed by atoms with Crippen LogP contribution in [0.15, 0.2) is 193 Å². The highest BCUT2D eigenvalue weighted by atomic mass is 79.9. The van der Waals surface area contributed by atoms with Crippen molar-refractivity contribution in [3.8, 4) is 0 Å². The molecule has 0 saturated carbocycles. The van der Waals surface area contributed by atoms with E-state index in [2.05, 4.69) is 179 Å². The summed E-state index contributed by atoms with van der Waals surface area (Å²) < 4.78 is 17.2. The van der Waals surface area contributed by atoms with Crippen molar-refractivity contribution < 1.29 is 9.47 Å². The highest BCUT2D eigenvalue weighted by molar-refractivity contribution is 9.10. The minimum atomic E-state index is -1.04. The van der Waals surface area contributed by atoms with Crippen LogP contribution >= 0.6 is 86.9 Å². The predicted octanol–water partition coefficient (Wildman–Crippen LogP) is 19.1. The molecule has 9 aromatic rings. The molecule has 0 aliphatic heterocycles. The number of halogens is 4. The fourth-order valence-corrected chi connectivity index (χ4v) is 11.1. The Morgan fingerprint density at radius 1 is 0.529 bits per heavy atom. The Balaban J connectivity index is 0.000000158. The quantitative estimate of drug-likeness (QED) is 0.0647. The minimum absolute atomic E-state index is 0.614. The number of ether oxygens (including phenoxy) is 2. The van der Waals surface area contributed by atoms with Crippen LogP contribution in [-0.2, 0) is 22.9 Å². The molecule has 0 atom stereocenters. The van der Waals surface area contributed by atoms with Gasteiger partial charge in [-0.15, -0.1) is 12.6 Å². The molecular weight excluding hydrogens is 1060 g/mol. The highest BCUT2D eigenvalue weighted by Crippen LogP contribution is 2.36. The van der Waals surface area contributed by atoms with Crippen molar-refractivity contribution >= 4 is 136 Å². The van der Waals surface area contributed by atoms with Crippen molar-refractivity contribution in [2.75, 3.05) is 13.2 Å². The summed E-state index contributed by atoms with van der Waals surface area (Å²) in [6.45, 7) is 17.2. The van der Waals surface area contributed by atoms with Gasteiger partial charge in [-0.1, -0.05) is 132 Å². The van der Waals surface area contributed by atoms with E-state index in [0.29, 0.717) is 13.5 Å². The SMILES string of the molecule is C[Si](C)(C)CCOCn1ccc2c(Br)cccc21.C[Si](C)(C)CCOCn1ccc2c(Sc3ccc(Cl)cc3)cccc21.Clc1ccc(Sc2cccc3[nH]ccc23)cc1.Sc1ccc(Cl)cc1. The van der Waals surface area contributed by atoms with E-state index in [1.165, 1.54) is 64.4 Å². The van der Waals surface area contributed by atoms with Crippen molar-refractivity contribution in [1.29, 1.82) is 0 Å². The first-order valence-corrected chi connectivity index (χ1v) is 33.8. The largest absolute Gasteiger partial charge is 0.361 e. The smallest absolute Gasteiger partial charge is 0.122 e. The maximum atomic E-state index is 5.98. The van der Waals surface area contributed by atoms with Crippen molar-refractivity contribution in [3.05, 3.63) is 184 Å². The Morgan fingerprint density at radius 3 is 1.47 bits per heavy atom. The lowest BCUT2D eigenvalue weighted by atomic mass is 10.2. The van der Waals surface area contributed by atoms with Gasteiger partial charge < -0.3 is 23.6 Å². The number of rotatable bonds is 14. The molecule has 3 heterocycles. The molecular formula is C54H59BrCl3N3O2S3Si2. The molecule has 68 heavy (non-hydrogen) atoms. The Labute approximate surface area is 441 Å². The van der Waals surface area contributed by atoms with Crippen LogP contribution in [0.5, 0.6) is 0 Å². The second-order valence-electron chi connectivity index (χ2n) is 18.4. The maximum absolute atomic E-state index is 5.98. The van der Waals surface area contributed by atoms with Crippen molar-refractivity contribution in [2.45, 2.75) is 89.3 Å². The summed E-state index contributed by atoms with van der Waals surface area (Å²) in [6.07, 6.45) is 6.17. The predicted molar refractivity (Wildman–Crippen MR) is 308 cm³/mol. The molecule has 6 aromatic carbocycles. The number of benzene rings is 6. The van der Waals surface area contributed by atoms with Gasteiger partial charge in [0, 0.05) is 114 Å². The second-order valence-corrected chi connectivity index (χ2v) is 34.6. The molecule has 0 spiro atoms. The second kappa shape index (κ2) is 26.2. The number of fused-ring (bicyclic) bond motifs is 3. The Bertz CT molecular complexity index is 2930. The summed E-state index contributed by atoms with van der Waals surface area (Å²) in [4.78, 5) is 9.05. The van der Waals surface area contributed by atoms with E-state index < -0.39 is 16.1 Å². The van der Waals surface area contributed by atoms with Gasteiger partial charge in [0.15, 0.2) is 0 Å². The van der Waals surface area contributed by atoms with Crippen LogP contribution in [0, 0.1) is 0 Å². The summed E-state index contributed by atoms with van der Waals surface area (Å²) >= 11 is 28.6. The standard InChI is InChI=1S/C20H24ClNOSSi.C14H20BrNOSi.C14H10ClNS.C6H5ClS/c1-25(2,3)14-13-23-15-22-12-11-18-19(22)5-4-6-20(18)24-17-9-7-16(21)8-10-17;1-18(2,3)10-9-17-11-16-8-7-12-13(15)5-4-6-14(12)16;15-10-4-6-11(7-5-10)17-14-3-1-2-13-12(14)8-9-16-13;7-5-1-3-6(8)4-2-5/h4-12H,13-15H2,1-3H3;4-8H,9-11H2,1-3H3;1-9,16H;1-4,8H. The first-order chi connectivity index (χ1) is 32.5. The molecule has 0 unspecified atom stereocenters. The number of hydrogen-bond donors (Lipinski definition) is 2. The molecule has 14 heteroatoms. The summed E-state index contributed by atoms with van der Waals surface area (Å²) in [5.41, 5.74) is 3.60. The fraction of sp³-hybridized carbons (Fsp3) is 0.222. The third-order valence-electron chi connectivity index (χ3n) is 10.5. The number of aromatic nitrogens is 3. The van der Waals surface area contributed by atoms with Gasteiger partial charge in [0.25, 0.3) is 0 Å². The molecule has 3 aromatic heterocycles. The van der Waals surface area contributed by atoms with Crippen LogP contribution < -0.4 is 0 Å². The third kappa shape index (κ3) is 17.5. The molecule has 356 valence electrons. The molecule has 0 radical (unpaired) electrons. The van der Waals surface area contributed by atoms with Gasteiger partial charge in [0.1, 0.15) is 13.5 Å². The van der Waals surface area contributed by atoms with E-state index in [9.17, 15) is 0 Å². The number of nitrogens with one attached hydrogen (secondary N) is 1. The van der Waals surface area contributed by atoms with E-state index in [-0.39, 0.29) is 0 Å². The topological polar surface area (TPSA) is 44.1 Å². The number of aromatic amines is 1. The number of hydrogen-bond acceptors (Lipinski definition) is 5. The lowest BCUT2D eigenvalue weighted by Crippen LogP contribution is -2.21. The average molecular weight is 1120 g/mol. The van der Waals surface area contributed by atoms with Crippen LogP contribution in [0.2, 0.25) is 66.4 Å². The molecule has 0 aliphatic carbocycles. The number of thiol groups is 1. The van der Waals surface area contributed by atoms with Crippen molar-refractivity contribution in [3.63, 3.8) is 0 Å². The molecule has 9 rings (SSSR count). The maximum Gasteiger partial charge on any atom is 0.122 e. The summed E-state index contributed by atoms with van der Waals surface area (Å²) in [5, 5.41) is 6.05. The molecule has 0 amide bonds. The molecule has 5 nitrogen and oxygen atoms in total. The van der Waals surface area contributed by atoms with E-state index in [1.54, 1.807) is 23.5 Å². The Hall–Kier alpha value is -3.31. The minimum Gasteiger partial charge on any atom is -0.361 e. The van der Waals surface area contributed by atoms with Gasteiger partial charge in [-0.3, -0.25) is 0 Å². The molecule has 0 fully saturated rings. The summed E-state index contributed by atoms with van der Waals surface area (Å²) in [5.74, 6) is 0. The molecule has 0 aliphatic rings. The normalized spacial score (nSPS) is 11.5. The zero-order valence-corrected chi connectivity index (χ0v) is 47.7. The highest BCUT2D eigenvalue weighted by Gasteiger charge is 2.14. The van der Waals surface area contributed by atoms with Gasteiger partial charge in [0.2, 0.25) is 0 Å². The zero-order chi connectivity index (χ0) is 48.7.